The number of hydrogen-bond acceptors (Lipinski definition) is 4. The highest BCUT2D eigenvalue weighted by Crippen LogP contribution is 2.22. The zero-order valence-electron chi connectivity index (χ0n) is 12.5. The van der Waals surface area contributed by atoms with Crippen LogP contribution in [-0.2, 0) is 9.59 Å². The summed E-state index contributed by atoms with van der Waals surface area (Å²) in [6.45, 7) is 2.80. The quantitative estimate of drug-likeness (QED) is 0.775. The van der Waals surface area contributed by atoms with Gasteiger partial charge in [-0.2, -0.15) is 0 Å². The summed E-state index contributed by atoms with van der Waals surface area (Å²) in [6.07, 6.45) is 0. The minimum absolute atomic E-state index is 0.0491. The third-order valence-electron chi connectivity index (χ3n) is 2.96. The largest absolute Gasteiger partial charge is 0.397 e. The molecule has 0 fully saturated rings. The van der Waals surface area contributed by atoms with E-state index < -0.39 is 0 Å². The van der Waals surface area contributed by atoms with Crippen molar-refractivity contribution in [2.24, 2.45) is 0 Å². The zero-order valence-corrected chi connectivity index (χ0v) is 13.3. The molecule has 0 saturated carbocycles. The Balaban J connectivity index is 2.62. The topological polar surface area (TPSA) is 78.7 Å². The molecule has 0 radical (unpaired) electrons. The Hall–Kier alpha value is -1.79. The molecule has 0 bridgehead atoms. The van der Waals surface area contributed by atoms with Crippen LogP contribution in [0.25, 0.3) is 0 Å². The number of nitrogens with zero attached hydrogens (tertiary/aromatic N) is 2. The third kappa shape index (κ3) is 5.61. The molecule has 1 aromatic carbocycles. The van der Waals surface area contributed by atoms with Crippen molar-refractivity contribution in [2.75, 3.05) is 44.8 Å². The monoisotopic (exact) mass is 312 g/mol. The SMILES string of the molecule is CCN(CC(=O)Nc1cc(Cl)ccc1N)CC(=O)N(C)C. The molecule has 0 aliphatic heterocycles. The molecule has 0 saturated heterocycles. The minimum Gasteiger partial charge on any atom is -0.397 e. The summed E-state index contributed by atoms with van der Waals surface area (Å²) < 4.78 is 0. The van der Waals surface area contributed by atoms with Crippen molar-refractivity contribution in [1.29, 1.82) is 0 Å². The van der Waals surface area contributed by atoms with Crippen molar-refractivity contribution in [3.8, 4) is 0 Å². The number of nitrogen functional groups attached to an aromatic ring is 1. The van der Waals surface area contributed by atoms with E-state index in [2.05, 4.69) is 5.32 Å². The molecule has 0 aromatic heterocycles. The van der Waals surface area contributed by atoms with Crippen molar-refractivity contribution in [2.45, 2.75) is 6.92 Å². The van der Waals surface area contributed by atoms with Crippen LogP contribution in [0.3, 0.4) is 0 Å². The molecule has 1 rings (SSSR count). The van der Waals surface area contributed by atoms with E-state index in [9.17, 15) is 9.59 Å². The number of nitrogens with one attached hydrogen (secondary N) is 1. The maximum Gasteiger partial charge on any atom is 0.238 e. The normalized spacial score (nSPS) is 10.5. The van der Waals surface area contributed by atoms with Crippen LogP contribution < -0.4 is 11.1 Å². The number of halogens is 1. The number of anilines is 2. The van der Waals surface area contributed by atoms with Crippen molar-refractivity contribution < 1.29 is 9.59 Å². The molecule has 0 atom stereocenters. The highest BCUT2D eigenvalue weighted by atomic mass is 35.5. The first-order valence-corrected chi connectivity index (χ1v) is 6.98. The van der Waals surface area contributed by atoms with Crippen LogP contribution in [-0.4, -0.2) is 55.3 Å². The van der Waals surface area contributed by atoms with Crippen LogP contribution in [0.2, 0.25) is 5.02 Å². The van der Waals surface area contributed by atoms with Gasteiger partial charge < -0.3 is 16.0 Å². The molecule has 0 unspecified atom stereocenters. The number of nitrogens with two attached hydrogens (primary N) is 1. The fourth-order valence-corrected chi connectivity index (χ4v) is 1.81. The van der Waals surface area contributed by atoms with Crippen LogP contribution in [0, 0.1) is 0 Å². The summed E-state index contributed by atoms with van der Waals surface area (Å²) in [5, 5.41) is 3.20. The van der Waals surface area contributed by atoms with Gasteiger partial charge in [-0.15, -0.1) is 0 Å². The molecule has 6 nitrogen and oxygen atoms in total. The Kier molecular flexibility index (Phi) is 6.45. The number of benzene rings is 1. The molecule has 1 aromatic rings. The van der Waals surface area contributed by atoms with Crippen LogP contribution in [0.5, 0.6) is 0 Å². The second-order valence-corrected chi connectivity index (χ2v) is 5.31. The lowest BCUT2D eigenvalue weighted by atomic mass is 10.2. The van der Waals surface area contributed by atoms with Crippen molar-refractivity contribution in [3.05, 3.63) is 23.2 Å². The number of carbonyl (C=O) groups excluding carboxylic acids is 2. The number of likely N-dealkylation sites (N-methyl/N-ethyl adjacent to an activating group) is 2. The molecule has 3 N–H and O–H groups in total. The lowest BCUT2D eigenvalue weighted by Crippen LogP contribution is -2.40. The summed E-state index contributed by atoms with van der Waals surface area (Å²) in [7, 11) is 3.37. The lowest BCUT2D eigenvalue weighted by Gasteiger charge is -2.21. The highest BCUT2D eigenvalue weighted by molar-refractivity contribution is 6.31. The van der Waals surface area contributed by atoms with E-state index in [1.54, 1.807) is 37.2 Å². The number of rotatable bonds is 6. The van der Waals surface area contributed by atoms with Gasteiger partial charge in [0, 0.05) is 19.1 Å². The van der Waals surface area contributed by atoms with E-state index in [1.807, 2.05) is 6.92 Å². The second kappa shape index (κ2) is 7.85. The van der Waals surface area contributed by atoms with Crippen molar-refractivity contribution in [1.82, 2.24) is 9.80 Å². The van der Waals surface area contributed by atoms with Gasteiger partial charge in [0.1, 0.15) is 0 Å². The molecule has 0 aliphatic carbocycles. The van der Waals surface area contributed by atoms with Gasteiger partial charge >= 0.3 is 0 Å². The Bertz CT molecular complexity index is 520. The molecular weight excluding hydrogens is 292 g/mol. The van der Waals surface area contributed by atoms with Crippen LogP contribution in [0.4, 0.5) is 11.4 Å². The third-order valence-corrected chi connectivity index (χ3v) is 3.20. The predicted molar refractivity (Wildman–Crippen MR) is 85.3 cm³/mol. The fraction of sp³-hybridized carbons (Fsp3) is 0.429. The maximum atomic E-state index is 12.0. The first-order valence-electron chi connectivity index (χ1n) is 6.60. The van der Waals surface area contributed by atoms with Gasteiger partial charge in [0.25, 0.3) is 0 Å². The van der Waals surface area contributed by atoms with Gasteiger partial charge in [-0.05, 0) is 24.7 Å². The predicted octanol–water partition coefficient (Wildman–Crippen LogP) is 1.27. The molecule has 0 aliphatic rings. The fourth-order valence-electron chi connectivity index (χ4n) is 1.64. The summed E-state index contributed by atoms with van der Waals surface area (Å²) in [4.78, 5) is 26.9. The lowest BCUT2D eigenvalue weighted by molar-refractivity contribution is -0.130. The molecule has 7 heteroatoms. The summed E-state index contributed by atoms with van der Waals surface area (Å²) in [5.41, 5.74) is 6.69. The summed E-state index contributed by atoms with van der Waals surface area (Å²) in [5.74, 6) is -0.288. The maximum absolute atomic E-state index is 12.0. The van der Waals surface area contributed by atoms with Gasteiger partial charge in [0.15, 0.2) is 0 Å². The number of carbonyl (C=O) groups is 2. The summed E-state index contributed by atoms with van der Waals surface area (Å²) >= 11 is 5.87. The van der Waals surface area contributed by atoms with Gasteiger partial charge in [-0.25, -0.2) is 0 Å². The van der Waals surface area contributed by atoms with Crippen molar-refractivity contribution in [3.63, 3.8) is 0 Å². The van der Waals surface area contributed by atoms with Gasteiger partial charge in [0.05, 0.1) is 24.5 Å². The van der Waals surface area contributed by atoms with Gasteiger partial charge in [-0.3, -0.25) is 14.5 Å². The highest BCUT2D eigenvalue weighted by Gasteiger charge is 2.15. The van der Waals surface area contributed by atoms with Crippen LogP contribution in [0.1, 0.15) is 6.92 Å². The Morgan fingerprint density at radius 3 is 2.52 bits per heavy atom. The Morgan fingerprint density at radius 1 is 1.29 bits per heavy atom. The first-order chi connectivity index (χ1) is 9.83. The summed E-state index contributed by atoms with van der Waals surface area (Å²) in [6, 6.07) is 4.88. The average Bonchev–Trinajstić information content (AvgIpc) is 2.41. The molecule has 0 heterocycles. The Labute approximate surface area is 129 Å². The molecule has 2 amide bonds. The standard InChI is InChI=1S/C14H21ClN4O2/c1-4-19(9-14(21)18(2)3)8-13(20)17-12-7-10(15)5-6-11(12)16/h5-7H,4,8-9,16H2,1-3H3,(H,17,20). The Morgan fingerprint density at radius 2 is 1.95 bits per heavy atom. The second-order valence-electron chi connectivity index (χ2n) is 4.87. The molecule has 21 heavy (non-hydrogen) atoms. The van der Waals surface area contributed by atoms with Crippen LogP contribution in [0.15, 0.2) is 18.2 Å². The van der Waals surface area contributed by atoms with E-state index in [1.165, 1.54) is 4.90 Å². The van der Waals surface area contributed by atoms with Crippen molar-refractivity contribution >= 4 is 34.8 Å². The molecule has 116 valence electrons. The van der Waals surface area contributed by atoms with Gasteiger partial charge in [-0.1, -0.05) is 18.5 Å². The smallest absolute Gasteiger partial charge is 0.238 e. The van der Waals surface area contributed by atoms with E-state index in [-0.39, 0.29) is 24.9 Å². The van der Waals surface area contributed by atoms with Gasteiger partial charge in [0.2, 0.25) is 11.8 Å². The number of hydrogen-bond donors (Lipinski definition) is 2. The van der Waals surface area contributed by atoms with E-state index in [0.717, 1.165) is 0 Å². The molecular formula is C14H21ClN4O2. The molecule has 0 spiro atoms. The van der Waals surface area contributed by atoms with E-state index >= 15 is 0 Å². The first kappa shape index (κ1) is 17.3. The van der Waals surface area contributed by atoms with E-state index in [4.69, 9.17) is 17.3 Å². The zero-order chi connectivity index (χ0) is 16.0. The average molecular weight is 313 g/mol. The minimum atomic E-state index is -0.239. The number of amides is 2. The van der Waals surface area contributed by atoms with E-state index in [0.29, 0.717) is 22.9 Å². The van der Waals surface area contributed by atoms with Crippen LogP contribution >= 0.6 is 11.6 Å².